The molecule has 1 aromatic rings. The van der Waals surface area contributed by atoms with Crippen molar-refractivity contribution in [3.63, 3.8) is 0 Å². The minimum absolute atomic E-state index is 0.0657. The second-order valence-electron chi connectivity index (χ2n) is 5.53. The monoisotopic (exact) mass is 258 g/mol. The number of benzene rings is 1. The molecule has 0 spiro atoms. The molecule has 1 unspecified atom stereocenters. The number of hydrogen-bond acceptors (Lipinski definition) is 3. The van der Waals surface area contributed by atoms with Crippen molar-refractivity contribution in [1.82, 2.24) is 0 Å². The van der Waals surface area contributed by atoms with E-state index in [0.717, 1.165) is 30.8 Å². The summed E-state index contributed by atoms with van der Waals surface area (Å²) in [6.07, 6.45) is 2.04. The van der Waals surface area contributed by atoms with Gasteiger partial charge in [0.2, 0.25) is 0 Å². The van der Waals surface area contributed by atoms with Gasteiger partial charge < -0.3 is 9.64 Å². The van der Waals surface area contributed by atoms with Crippen LogP contribution >= 0.6 is 0 Å². The summed E-state index contributed by atoms with van der Waals surface area (Å²) in [6, 6.07) is 10.6. The minimum atomic E-state index is -0.153. The first-order valence-corrected chi connectivity index (χ1v) is 7.00. The molecule has 2 rings (SSSR count). The molecule has 0 saturated carbocycles. The second kappa shape index (κ2) is 5.52. The maximum Gasteiger partial charge on any atom is 0.142 e. The highest BCUT2D eigenvalue weighted by atomic mass is 16.5. The maximum absolute atomic E-state index is 9.36. The predicted octanol–water partition coefficient (Wildman–Crippen LogP) is 3.60. The van der Waals surface area contributed by atoms with Gasteiger partial charge in [0.05, 0.1) is 29.8 Å². The molecule has 0 aromatic heterocycles. The van der Waals surface area contributed by atoms with Gasteiger partial charge in [0, 0.05) is 6.54 Å². The normalized spacial score (nSPS) is 21.8. The van der Waals surface area contributed by atoms with E-state index in [4.69, 9.17) is 4.74 Å². The first kappa shape index (κ1) is 13.7. The zero-order valence-electron chi connectivity index (χ0n) is 12.0. The van der Waals surface area contributed by atoms with Crippen LogP contribution in [0.25, 0.3) is 0 Å². The quantitative estimate of drug-likeness (QED) is 0.831. The molecule has 1 heterocycles. The summed E-state index contributed by atoms with van der Waals surface area (Å²) in [7, 11) is 0. The summed E-state index contributed by atoms with van der Waals surface area (Å²) in [5, 5.41) is 9.36. The fraction of sp³-hybridized carbons (Fsp3) is 0.562. The predicted molar refractivity (Wildman–Crippen MR) is 77.4 cm³/mol. The highest BCUT2D eigenvalue weighted by molar-refractivity contribution is 5.60. The Hall–Kier alpha value is -1.69. The van der Waals surface area contributed by atoms with Crippen LogP contribution in [0.5, 0.6) is 5.75 Å². The third-order valence-electron chi connectivity index (χ3n) is 4.03. The van der Waals surface area contributed by atoms with Gasteiger partial charge in [-0.2, -0.15) is 5.26 Å². The fourth-order valence-electron chi connectivity index (χ4n) is 2.89. The molecule has 0 bridgehead atoms. The molecular formula is C16H22N2O. The maximum atomic E-state index is 9.36. The molecule has 1 aromatic carbocycles. The number of nitrogens with zero attached hydrogens (tertiary/aromatic N) is 2. The Morgan fingerprint density at radius 3 is 2.84 bits per heavy atom. The van der Waals surface area contributed by atoms with Crippen molar-refractivity contribution < 1.29 is 4.74 Å². The van der Waals surface area contributed by atoms with Crippen LogP contribution in [0.15, 0.2) is 24.3 Å². The van der Waals surface area contributed by atoms with E-state index in [0.29, 0.717) is 6.61 Å². The van der Waals surface area contributed by atoms with E-state index in [9.17, 15) is 5.26 Å². The zero-order valence-corrected chi connectivity index (χ0v) is 12.0. The molecule has 3 heteroatoms. The van der Waals surface area contributed by atoms with E-state index in [1.165, 1.54) is 0 Å². The molecule has 102 valence electrons. The van der Waals surface area contributed by atoms with Crippen LogP contribution < -0.4 is 9.64 Å². The zero-order chi connectivity index (χ0) is 13.9. The fourth-order valence-corrected chi connectivity index (χ4v) is 2.89. The van der Waals surface area contributed by atoms with Crippen molar-refractivity contribution in [1.29, 1.82) is 5.26 Å². The van der Waals surface area contributed by atoms with Gasteiger partial charge in [0.15, 0.2) is 0 Å². The average Bonchev–Trinajstić information content (AvgIpc) is 2.39. The summed E-state index contributed by atoms with van der Waals surface area (Å²) < 4.78 is 5.73. The van der Waals surface area contributed by atoms with Gasteiger partial charge in [0.25, 0.3) is 0 Å². The Labute approximate surface area is 115 Å². The van der Waals surface area contributed by atoms with Gasteiger partial charge in [-0.05, 0) is 45.7 Å². The summed E-state index contributed by atoms with van der Waals surface area (Å²) in [5.74, 6) is 0.979. The Balaban J connectivity index is 2.38. The number of ether oxygens (including phenoxy) is 1. The summed E-state index contributed by atoms with van der Waals surface area (Å²) in [4.78, 5) is 2.33. The van der Waals surface area contributed by atoms with Crippen LogP contribution in [-0.2, 0) is 0 Å². The van der Waals surface area contributed by atoms with Gasteiger partial charge in [-0.25, -0.2) is 0 Å². The lowest BCUT2D eigenvalue weighted by Crippen LogP contribution is -2.53. The van der Waals surface area contributed by atoms with Gasteiger partial charge in [-0.3, -0.25) is 0 Å². The molecule has 0 N–H and O–H groups in total. The van der Waals surface area contributed by atoms with Crippen molar-refractivity contribution in [3.8, 4) is 11.8 Å². The smallest absolute Gasteiger partial charge is 0.142 e. The number of anilines is 1. The molecule has 0 aliphatic carbocycles. The first-order valence-electron chi connectivity index (χ1n) is 7.00. The van der Waals surface area contributed by atoms with Gasteiger partial charge in [-0.15, -0.1) is 0 Å². The van der Waals surface area contributed by atoms with Gasteiger partial charge in [0.1, 0.15) is 5.75 Å². The van der Waals surface area contributed by atoms with Gasteiger partial charge in [-0.1, -0.05) is 12.1 Å². The molecule has 3 nitrogen and oxygen atoms in total. The van der Waals surface area contributed by atoms with E-state index in [1.807, 2.05) is 25.1 Å². The number of nitriles is 1. The second-order valence-corrected chi connectivity index (χ2v) is 5.53. The third kappa shape index (κ3) is 2.53. The summed E-state index contributed by atoms with van der Waals surface area (Å²) in [5.41, 5.74) is 0.953. The van der Waals surface area contributed by atoms with Crippen LogP contribution in [0.1, 0.15) is 33.6 Å². The SMILES string of the molecule is CCOc1ccccc1N1CCCC(C#N)C1(C)C. The van der Waals surface area contributed by atoms with Crippen LogP contribution in [-0.4, -0.2) is 18.7 Å². The number of para-hydroxylation sites is 2. The average molecular weight is 258 g/mol. The largest absolute Gasteiger partial charge is 0.492 e. The Morgan fingerprint density at radius 2 is 2.16 bits per heavy atom. The van der Waals surface area contributed by atoms with E-state index in [1.54, 1.807) is 0 Å². The van der Waals surface area contributed by atoms with E-state index in [2.05, 4.69) is 30.9 Å². The molecule has 1 aliphatic rings. The lowest BCUT2D eigenvalue weighted by Gasteiger charge is -2.47. The lowest BCUT2D eigenvalue weighted by molar-refractivity contribution is 0.285. The highest BCUT2D eigenvalue weighted by Gasteiger charge is 2.39. The molecular weight excluding hydrogens is 236 g/mol. The molecule has 0 radical (unpaired) electrons. The summed E-state index contributed by atoms with van der Waals surface area (Å²) >= 11 is 0. The molecule has 1 aliphatic heterocycles. The molecule has 1 saturated heterocycles. The van der Waals surface area contributed by atoms with Crippen molar-refractivity contribution in [2.24, 2.45) is 5.92 Å². The van der Waals surface area contributed by atoms with Crippen LogP contribution in [0.4, 0.5) is 5.69 Å². The Bertz CT molecular complexity index is 476. The van der Waals surface area contributed by atoms with E-state index in [-0.39, 0.29) is 11.5 Å². The van der Waals surface area contributed by atoms with Crippen LogP contribution in [0.2, 0.25) is 0 Å². The Kier molecular flexibility index (Phi) is 3.99. The molecule has 0 amide bonds. The minimum Gasteiger partial charge on any atom is -0.492 e. The topological polar surface area (TPSA) is 36.3 Å². The highest BCUT2D eigenvalue weighted by Crippen LogP contribution is 2.40. The Morgan fingerprint density at radius 1 is 1.42 bits per heavy atom. The standard InChI is InChI=1S/C16H22N2O/c1-4-19-15-10-6-5-9-14(15)18-11-7-8-13(12-17)16(18,2)3/h5-6,9-10,13H,4,7-8,11H2,1-3H3. The molecule has 1 atom stereocenters. The van der Waals surface area contributed by atoms with Crippen molar-refractivity contribution in [2.45, 2.75) is 39.2 Å². The number of hydrogen-bond donors (Lipinski definition) is 0. The van der Waals surface area contributed by atoms with Crippen LogP contribution in [0, 0.1) is 17.2 Å². The lowest BCUT2D eigenvalue weighted by atomic mass is 9.79. The third-order valence-corrected chi connectivity index (χ3v) is 4.03. The van der Waals surface area contributed by atoms with Crippen molar-refractivity contribution in [2.75, 3.05) is 18.1 Å². The number of piperidine rings is 1. The van der Waals surface area contributed by atoms with Gasteiger partial charge >= 0.3 is 0 Å². The van der Waals surface area contributed by atoms with E-state index >= 15 is 0 Å². The molecule has 19 heavy (non-hydrogen) atoms. The first-order chi connectivity index (χ1) is 9.11. The summed E-state index contributed by atoms with van der Waals surface area (Å²) in [6.45, 7) is 7.95. The number of rotatable bonds is 3. The molecule has 1 fully saturated rings. The van der Waals surface area contributed by atoms with E-state index < -0.39 is 0 Å². The van der Waals surface area contributed by atoms with Crippen molar-refractivity contribution >= 4 is 5.69 Å². The van der Waals surface area contributed by atoms with Crippen LogP contribution in [0.3, 0.4) is 0 Å². The van der Waals surface area contributed by atoms with Crippen molar-refractivity contribution in [3.05, 3.63) is 24.3 Å².